The van der Waals surface area contributed by atoms with Crippen LogP contribution in [0.5, 0.6) is 0 Å². The fourth-order valence-corrected chi connectivity index (χ4v) is 3.11. The molecule has 3 heteroatoms. The molecule has 2 nitrogen and oxygen atoms in total. The molecule has 0 aromatic carbocycles. The summed E-state index contributed by atoms with van der Waals surface area (Å²) in [5.41, 5.74) is 0. The Balaban J connectivity index is 0. The van der Waals surface area contributed by atoms with E-state index < -0.39 is 5.97 Å². The number of unbranched alkanes of at least 4 members (excludes halogenated alkanes) is 16. The number of carboxylic acids is 1. The number of carboxylic acid groups (broad SMARTS) is 1. The zero-order chi connectivity index (χ0) is 19.8. The molecule has 0 radical (unpaired) electrons. The van der Waals surface area contributed by atoms with Crippen molar-refractivity contribution in [3.63, 3.8) is 0 Å². The molecule has 0 unspecified atom stereocenters. The van der Waals surface area contributed by atoms with Crippen LogP contribution in [0.15, 0.2) is 0 Å². The number of hydrogen-bond acceptors (Lipinski definition) is 1. The average Bonchev–Trinajstić information content (AvgIpc) is 2.65. The van der Waals surface area contributed by atoms with E-state index in [1.54, 1.807) is 0 Å². The molecular weight excluding hydrogens is 339 g/mol. The van der Waals surface area contributed by atoms with Crippen molar-refractivity contribution < 1.29 is 9.90 Å². The molecule has 0 aromatic heterocycles. The third-order valence-electron chi connectivity index (χ3n) is 4.84. The SMILES string of the molecule is CCCCCCCCCCCCC#CC#CCCCCCCCCC(=O)O.[LiH]. The summed E-state index contributed by atoms with van der Waals surface area (Å²) in [4.78, 5) is 10.4. The van der Waals surface area contributed by atoms with Crippen LogP contribution in [-0.2, 0) is 4.79 Å². The van der Waals surface area contributed by atoms with E-state index in [4.69, 9.17) is 5.11 Å². The molecule has 0 aliphatic rings. The third kappa shape index (κ3) is 27.4. The Morgan fingerprint density at radius 3 is 1.36 bits per heavy atom. The quantitative estimate of drug-likeness (QED) is 0.160. The fourth-order valence-electron chi connectivity index (χ4n) is 3.11. The summed E-state index contributed by atoms with van der Waals surface area (Å²) in [7, 11) is 0. The van der Waals surface area contributed by atoms with Gasteiger partial charge in [-0.05, 0) is 31.1 Å². The molecule has 0 heterocycles. The van der Waals surface area contributed by atoms with Gasteiger partial charge in [-0.25, -0.2) is 0 Å². The van der Waals surface area contributed by atoms with Crippen molar-refractivity contribution in [2.45, 2.75) is 129 Å². The van der Waals surface area contributed by atoms with Crippen molar-refractivity contribution in [3.05, 3.63) is 0 Å². The molecule has 0 atom stereocenters. The molecule has 0 saturated heterocycles. The Kier molecular flexibility index (Phi) is 27.5. The molecule has 28 heavy (non-hydrogen) atoms. The van der Waals surface area contributed by atoms with Gasteiger partial charge in [-0.2, -0.15) is 0 Å². The van der Waals surface area contributed by atoms with Crippen LogP contribution in [0.4, 0.5) is 0 Å². The fraction of sp³-hybridized carbons (Fsp3) is 0.800. The molecular formula is C25H43LiO2. The number of hydrogen-bond donors (Lipinski definition) is 1. The molecule has 156 valence electrons. The second kappa shape index (κ2) is 26.2. The predicted octanol–water partition coefficient (Wildman–Crippen LogP) is 6.86. The third-order valence-corrected chi connectivity index (χ3v) is 4.84. The van der Waals surface area contributed by atoms with E-state index in [2.05, 4.69) is 30.6 Å². The summed E-state index contributed by atoms with van der Waals surface area (Å²) in [6, 6.07) is 0. The summed E-state index contributed by atoms with van der Waals surface area (Å²) in [5.74, 6) is 11.6. The van der Waals surface area contributed by atoms with Gasteiger partial charge in [0.15, 0.2) is 0 Å². The molecule has 0 fully saturated rings. The van der Waals surface area contributed by atoms with Gasteiger partial charge in [0.2, 0.25) is 0 Å². The molecule has 0 saturated carbocycles. The summed E-state index contributed by atoms with van der Waals surface area (Å²) >= 11 is 0. The Morgan fingerprint density at radius 1 is 0.607 bits per heavy atom. The topological polar surface area (TPSA) is 37.3 Å². The monoisotopic (exact) mass is 382 g/mol. The summed E-state index contributed by atoms with van der Waals surface area (Å²) < 4.78 is 0. The van der Waals surface area contributed by atoms with Crippen molar-refractivity contribution in [2.24, 2.45) is 0 Å². The zero-order valence-corrected chi connectivity index (χ0v) is 17.8. The number of rotatable bonds is 18. The maximum absolute atomic E-state index is 10.4. The first kappa shape index (κ1) is 29.4. The molecule has 0 aliphatic carbocycles. The Labute approximate surface area is 187 Å². The van der Waals surface area contributed by atoms with Gasteiger partial charge in [-0.15, -0.1) is 0 Å². The minimum atomic E-state index is -0.681. The Bertz CT molecular complexity index is 451. The molecule has 1 N–H and O–H groups in total. The van der Waals surface area contributed by atoms with Gasteiger partial charge in [0.05, 0.1) is 0 Å². The van der Waals surface area contributed by atoms with Crippen LogP contribution in [0.3, 0.4) is 0 Å². The van der Waals surface area contributed by atoms with Gasteiger partial charge < -0.3 is 5.11 Å². The molecule has 0 spiro atoms. The van der Waals surface area contributed by atoms with Crippen LogP contribution in [0.2, 0.25) is 0 Å². The first-order valence-corrected chi connectivity index (χ1v) is 11.4. The van der Waals surface area contributed by atoms with Crippen LogP contribution >= 0.6 is 0 Å². The first-order valence-electron chi connectivity index (χ1n) is 11.4. The summed E-state index contributed by atoms with van der Waals surface area (Å²) in [6.45, 7) is 2.27. The second-order valence-electron chi connectivity index (χ2n) is 7.55. The van der Waals surface area contributed by atoms with Crippen LogP contribution in [0, 0.1) is 23.7 Å². The van der Waals surface area contributed by atoms with Crippen LogP contribution in [0.1, 0.15) is 129 Å². The normalized spacial score (nSPS) is 9.61. The number of carbonyl (C=O) groups is 1. The van der Waals surface area contributed by atoms with Gasteiger partial charge in [0.25, 0.3) is 0 Å². The van der Waals surface area contributed by atoms with Gasteiger partial charge >= 0.3 is 24.8 Å². The van der Waals surface area contributed by atoms with Crippen LogP contribution < -0.4 is 0 Å². The Hall–Kier alpha value is -0.813. The van der Waals surface area contributed by atoms with E-state index in [1.165, 1.54) is 77.0 Å². The first-order chi connectivity index (χ1) is 13.3. The molecule has 0 aliphatic heterocycles. The Morgan fingerprint density at radius 2 is 0.964 bits per heavy atom. The number of aliphatic carboxylic acids is 1. The van der Waals surface area contributed by atoms with Gasteiger partial charge in [0.1, 0.15) is 0 Å². The van der Waals surface area contributed by atoms with Crippen molar-refractivity contribution in [3.8, 4) is 23.7 Å². The standard InChI is InChI=1S/C25H42O2.Li.H/c1-2-3-4-5-6-7-8-9-10-11-12-13-14-15-16-17-18-19-20-21-22-23-24-25(26)27;;/h2-12,17-24H2,1H3,(H,26,27);;. The summed E-state index contributed by atoms with van der Waals surface area (Å²) in [5, 5.41) is 8.55. The molecule has 0 rings (SSSR count). The molecule has 0 bridgehead atoms. The van der Waals surface area contributed by atoms with E-state index in [1.807, 2.05) is 0 Å². The summed E-state index contributed by atoms with van der Waals surface area (Å²) in [6.07, 6.45) is 22.4. The van der Waals surface area contributed by atoms with Crippen molar-refractivity contribution in [1.29, 1.82) is 0 Å². The average molecular weight is 383 g/mol. The second-order valence-corrected chi connectivity index (χ2v) is 7.55. The van der Waals surface area contributed by atoms with E-state index in [0.717, 1.165) is 38.5 Å². The molecule has 0 amide bonds. The van der Waals surface area contributed by atoms with Gasteiger partial charge in [-0.1, -0.05) is 102 Å². The van der Waals surface area contributed by atoms with E-state index >= 15 is 0 Å². The van der Waals surface area contributed by atoms with Crippen LogP contribution in [-0.4, -0.2) is 29.9 Å². The molecule has 0 aromatic rings. The van der Waals surface area contributed by atoms with E-state index in [-0.39, 0.29) is 18.9 Å². The minimum absolute atomic E-state index is 0. The van der Waals surface area contributed by atoms with Gasteiger partial charge in [0, 0.05) is 19.3 Å². The maximum atomic E-state index is 10.4. The van der Waals surface area contributed by atoms with E-state index in [0.29, 0.717) is 6.42 Å². The van der Waals surface area contributed by atoms with E-state index in [9.17, 15) is 4.79 Å². The van der Waals surface area contributed by atoms with Crippen molar-refractivity contribution in [2.75, 3.05) is 0 Å². The van der Waals surface area contributed by atoms with Gasteiger partial charge in [-0.3, -0.25) is 4.79 Å². The van der Waals surface area contributed by atoms with Crippen molar-refractivity contribution >= 4 is 24.8 Å². The predicted molar refractivity (Wildman–Crippen MR) is 124 cm³/mol. The van der Waals surface area contributed by atoms with Crippen LogP contribution in [0.25, 0.3) is 0 Å². The van der Waals surface area contributed by atoms with Crippen molar-refractivity contribution in [1.82, 2.24) is 0 Å². The zero-order valence-electron chi connectivity index (χ0n) is 17.8.